The Bertz CT molecular complexity index is 490. The third kappa shape index (κ3) is 2.82. The summed E-state index contributed by atoms with van der Waals surface area (Å²) in [4.78, 5) is 10.2. The molecule has 0 amide bonds. The first-order valence-electron chi connectivity index (χ1n) is 4.26. The first kappa shape index (κ1) is 10.7. The van der Waals surface area contributed by atoms with Crippen molar-refractivity contribution in [2.24, 2.45) is 0 Å². The van der Waals surface area contributed by atoms with Gasteiger partial charge in [0.2, 0.25) is 0 Å². The van der Waals surface area contributed by atoms with Crippen molar-refractivity contribution in [1.29, 1.82) is 5.26 Å². The number of nitrogens with zero attached hydrogens (tertiary/aromatic N) is 2. The van der Waals surface area contributed by atoms with Crippen LogP contribution in [0.5, 0.6) is 0 Å². The van der Waals surface area contributed by atoms with Crippen molar-refractivity contribution in [2.75, 3.05) is 0 Å². The summed E-state index contributed by atoms with van der Waals surface area (Å²) >= 11 is 0. The van der Waals surface area contributed by atoms with Gasteiger partial charge in [0.05, 0.1) is 17.4 Å². The molecule has 0 bridgehead atoms. The van der Waals surface area contributed by atoms with Crippen molar-refractivity contribution in [2.45, 2.75) is 13.3 Å². The quantitative estimate of drug-likeness (QED) is 0.396. The zero-order chi connectivity index (χ0) is 11.3. The SMILES string of the molecule is Cc1ccc(C#CCC#N)c([N+](=O)[O-])c1. The maximum absolute atomic E-state index is 10.7. The average Bonchev–Trinajstić information content (AvgIpc) is 2.20. The molecule has 0 atom stereocenters. The Balaban J connectivity index is 3.15. The maximum atomic E-state index is 10.7. The smallest absolute Gasteiger partial charge is 0.258 e. The molecular weight excluding hydrogens is 192 g/mol. The molecule has 4 heteroatoms. The Morgan fingerprint density at radius 3 is 2.87 bits per heavy atom. The fraction of sp³-hybridized carbons (Fsp3) is 0.182. The molecule has 0 saturated carbocycles. The van der Waals surface area contributed by atoms with Crippen LogP contribution in [-0.2, 0) is 0 Å². The van der Waals surface area contributed by atoms with E-state index in [1.165, 1.54) is 6.07 Å². The molecule has 0 unspecified atom stereocenters. The van der Waals surface area contributed by atoms with Crippen LogP contribution in [0.15, 0.2) is 18.2 Å². The highest BCUT2D eigenvalue weighted by Gasteiger charge is 2.11. The van der Waals surface area contributed by atoms with Gasteiger partial charge in [-0.15, -0.1) is 0 Å². The van der Waals surface area contributed by atoms with Crippen LogP contribution in [0.1, 0.15) is 17.5 Å². The van der Waals surface area contributed by atoms with Crippen molar-refractivity contribution in [3.8, 4) is 17.9 Å². The van der Waals surface area contributed by atoms with Crippen LogP contribution in [0.25, 0.3) is 0 Å². The van der Waals surface area contributed by atoms with Gasteiger partial charge in [0.1, 0.15) is 5.56 Å². The minimum Gasteiger partial charge on any atom is -0.258 e. The molecule has 0 fully saturated rings. The fourth-order valence-electron chi connectivity index (χ4n) is 1.08. The summed E-state index contributed by atoms with van der Waals surface area (Å²) in [5, 5.41) is 19.0. The highest BCUT2D eigenvalue weighted by molar-refractivity contribution is 5.52. The highest BCUT2D eigenvalue weighted by atomic mass is 16.6. The van der Waals surface area contributed by atoms with Gasteiger partial charge in [0.25, 0.3) is 5.69 Å². The Labute approximate surface area is 87.3 Å². The lowest BCUT2D eigenvalue weighted by molar-refractivity contribution is -0.385. The van der Waals surface area contributed by atoms with E-state index in [0.717, 1.165) is 5.56 Å². The number of nitro benzene ring substituents is 1. The lowest BCUT2D eigenvalue weighted by atomic mass is 10.1. The van der Waals surface area contributed by atoms with E-state index in [1.54, 1.807) is 19.1 Å². The Morgan fingerprint density at radius 2 is 2.27 bits per heavy atom. The van der Waals surface area contributed by atoms with Crippen molar-refractivity contribution >= 4 is 5.69 Å². The number of nitriles is 1. The van der Waals surface area contributed by atoms with Crippen LogP contribution in [0.2, 0.25) is 0 Å². The highest BCUT2D eigenvalue weighted by Crippen LogP contribution is 2.18. The minimum absolute atomic E-state index is 0.0135. The lowest BCUT2D eigenvalue weighted by Gasteiger charge is -1.96. The topological polar surface area (TPSA) is 66.9 Å². The largest absolute Gasteiger partial charge is 0.285 e. The summed E-state index contributed by atoms with van der Waals surface area (Å²) in [6, 6.07) is 6.67. The Hall–Kier alpha value is -2.33. The summed E-state index contributed by atoms with van der Waals surface area (Å²) in [5.74, 6) is 5.16. The molecule has 0 aliphatic heterocycles. The summed E-state index contributed by atoms with van der Waals surface area (Å²) in [6.07, 6.45) is 0.0744. The minimum atomic E-state index is -0.469. The predicted molar refractivity (Wildman–Crippen MR) is 54.9 cm³/mol. The van der Waals surface area contributed by atoms with E-state index in [2.05, 4.69) is 11.8 Å². The van der Waals surface area contributed by atoms with Gasteiger partial charge < -0.3 is 0 Å². The molecule has 15 heavy (non-hydrogen) atoms. The van der Waals surface area contributed by atoms with E-state index in [1.807, 2.05) is 6.07 Å². The van der Waals surface area contributed by atoms with Crippen molar-refractivity contribution in [3.63, 3.8) is 0 Å². The summed E-state index contributed by atoms with van der Waals surface area (Å²) in [5.41, 5.74) is 1.15. The van der Waals surface area contributed by atoms with Crippen molar-refractivity contribution in [1.82, 2.24) is 0 Å². The third-order valence-corrected chi connectivity index (χ3v) is 1.74. The Morgan fingerprint density at radius 1 is 1.53 bits per heavy atom. The van der Waals surface area contributed by atoms with E-state index in [4.69, 9.17) is 5.26 Å². The monoisotopic (exact) mass is 200 g/mol. The number of benzene rings is 1. The molecule has 0 aliphatic rings. The lowest BCUT2D eigenvalue weighted by Crippen LogP contribution is -1.92. The second-order valence-corrected chi connectivity index (χ2v) is 2.91. The van der Waals surface area contributed by atoms with Crippen molar-refractivity contribution in [3.05, 3.63) is 39.4 Å². The molecular formula is C11H8N2O2. The molecule has 0 aliphatic carbocycles. The van der Waals surface area contributed by atoms with E-state index < -0.39 is 4.92 Å². The van der Waals surface area contributed by atoms with Gasteiger partial charge in [0, 0.05) is 6.07 Å². The van der Waals surface area contributed by atoms with Crippen molar-refractivity contribution < 1.29 is 4.92 Å². The van der Waals surface area contributed by atoms with Crippen LogP contribution in [-0.4, -0.2) is 4.92 Å². The number of hydrogen-bond donors (Lipinski definition) is 0. The zero-order valence-electron chi connectivity index (χ0n) is 8.15. The number of nitro groups is 1. The summed E-state index contributed by atoms with van der Waals surface area (Å²) in [7, 11) is 0. The van der Waals surface area contributed by atoms with Crippen LogP contribution >= 0.6 is 0 Å². The molecule has 1 rings (SSSR count). The Kier molecular flexibility index (Phi) is 3.43. The maximum Gasteiger partial charge on any atom is 0.285 e. The molecule has 1 aromatic carbocycles. The van der Waals surface area contributed by atoms with Gasteiger partial charge in [-0.3, -0.25) is 10.1 Å². The van der Waals surface area contributed by atoms with Crippen LogP contribution in [0, 0.1) is 40.2 Å². The van der Waals surface area contributed by atoms with Crippen LogP contribution < -0.4 is 0 Å². The number of rotatable bonds is 1. The van der Waals surface area contributed by atoms with Gasteiger partial charge in [-0.25, -0.2) is 0 Å². The van der Waals surface area contributed by atoms with Gasteiger partial charge in [-0.1, -0.05) is 17.9 Å². The predicted octanol–water partition coefficient (Wildman–Crippen LogP) is 2.17. The standard InChI is InChI=1S/C11H8N2O2/c1-9-5-6-10(4-2-3-7-12)11(8-9)13(14)15/h5-6,8H,3H2,1H3. The number of aryl methyl sites for hydroxylation is 1. The van der Waals surface area contributed by atoms with E-state index in [-0.39, 0.29) is 12.1 Å². The van der Waals surface area contributed by atoms with Gasteiger partial charge >= 0.3 is 0 Å². The van der Waals surface area contributed by atoms with E-state index >= 15 is 0 Å². The molecule has 0 saturated heterocycles. The molecule has 1 aromatic rings. The molecule has 4 nitrogen and oxygen atoms in total. The van der Waals surface area contributed by atoms with Crippen LogP contribution in [0.3, 0.4) is 0 Å². The molecule has 0 heterocycles. The normalized spacial score (nSPS) is 8.53. The fourth-order valence-corrected chi connectivity index (χ4v) is 1.08. The third-order valence-electron chi connectivity index (χ3n) is 1.74. The zero-order valence-corrected chi connectivity index (χ0v) is 8.15. The molecule has 0 spiro atoms. The summed E-state index contributed by atoms with van der Waals surface area (Å²) < 4.78 is 0. The first-order chi connectivity index (χ1) is 7.15. The van der Waals surface area contributed by atoms with Gasteiger partial charge in [-0.05, 0) is 18.6 Å². The average molecular weight is 200 g/mol. The molecule has 74 valence electrons. The van der Waals surface area contributed by atoms with Gasteiger partial charge in [0.15, 0.2) is 0 Å². The van der Waals surface area contributed by atoms with E-state index in [9.17, 15) is 10.1 Å². The van der Waals surface area contributed by atoms with Crippen LogP contribution in [0.4, 0.5) is 5.69 Å². The molecule has 0 aromatic heterocycles. The summed E-state index contributed by atoms with van der Waals surface area (Å²) in [6.45, 7) is 1.78. The molecule has 0 radical (unpaired) electrons. The second-order valence-electron chi connectivity index (χ2n) is 2.91. The second kappa shape index (κ2) is 4.78. The molecule has 0 N–H and O–H groups in total. The number of hydrogen-bond acceptors (Lipinski definition) is 3. The van der Waals surface area contributed by atoms with Gasteiger partial charge in [-0.2, -0.15) is 5.26 Å². The first-order valence-corrected chi connectivity index (χ1v) is 4.26. The van der Waals surface area contributed by atoms with E-state index in [0.29, 0.717) is 5.56 Å².